The Bertz CT molecular complexity index is 329. The Labute approximate surface area is 96.1 Å². The lowest BCUT2D eigenvalue weighted by atomic mass is 9.78. The molecule has 0 atom stereocenters. The zero-order chi connectivity index (χ0) is 10.7. The molecule has 1 aliphatic rings. The van der Waals surface area contributed by atoms with E-state index >= 15 is 0 Å². The van der Waals surface area contributed by atoms with Crippen LogP contribution in [0.5, 0.6) is 0 Å². The molecule has 0 aliphatic heterocycles. The molecule has 0 aromatic carbocycles. The second-order valence-corrected chi connectivity index (χ2v) is 4.66. The molecule has 1 aromatic heterocycles. The Morgan fingerprint density at radius 1 is 1.47 bits per heavy atom. The van der Waals surface area contributed by atoms with Crippen LogP contribution >= 0.6 is 11.6 Å². The van der Waals surface area contributed by atoms with Crippen molar-refractivity contribution in [3.63, 3.8) is 0 Å². The third-order valence-corrected chi connectivity index (χ3v) is 3.67. The van der Waals surface area contributed by atoms with E-state index < -0.39 is 0 Å². The highest BCUT2D eigenvalue weighted by molar-refractivity contribution is 6.18. The molecule has 1 N–H and O–H groups in total. The van der Waals surface area contributed by atoms with Gasteiger partial charge in [-0.2, -0.15) is 0 Å². The predicted octanol–water partition coefficient (Wildman–Crippen LogP) is 2.64. The molecule has 1 fully saturated rings. The summed E-state index contributed by atoms with van der Waals surface area (Å²) in [6.07, 6.45) is 3.69. The topological polar surface area (TPSA) is 24.9 Å². The number of nitrogens with one attached hydrogen (secondary N) is 1. The summed E-state index contributed by atoms with van der Waals surface area (Å²) in [5.74, 6) is 0.707. The van der Waals surface area contributed by atoms with Crippen LogP contribution in [0.4, 0.5) is 0 Å². The largest absolute Gasteiger partial charge is 0.304 e. The Hall–Kier alpha value is -0.600. The summed E-state index contributed by atoms with van der Waals surface area (Å²) < 4.78 is 0. The van der Waals surface area contributed by atoms with E-state index in [9.17, 15) is 0 Å². The van der Waals surface area contributed by atoms with Crippen LogP contribution < -0.4 is 5.32 Å². The summed E-state index contributed by atoms with van der Waals surface area (Å²) in [5, 5.41) is 3.53. The lowest BCUT2D eigenvalue weighted by Crippen LogP contribution is -2.52. The molecule has 15 heavy (non-hydrogen) atoms. The van der Waals surface area contributed by atoms with Crippen LogP contribution in [0, 0.1) is 6.92 Å². The first-order valence-electron chi connectivity index (χ1n) is 5.48. The minimum absolute atomic E-state index is 0.187. The van der Waals surface area contributed by atoms with Crippen LogP contribution in [0.25, 0.3) is 0 Å². The smallest absolute Gasteiger partial charge is 0.0545 e. The molecule has 2 rings (SSSR count). The normalized spacial score (nSPS) is 18.5. The van der Waals surface area contributed by atoms with Gasteiger partial charge in [0.25, 0.3) is 0 Å². The minimum atomic E-state index is 0.187. The summed E-state index contributed by atoms with van der Waals surface area (Å²) in [7, 11) is 0. The summed E-state index contributed by atoms with van der Waals surface area (Å²) in [5.41, 5.74) is 2.36. The number of hydrogen-bond acceptors (Lipinski definition) is 2. The molecule has 0 radical (unpaired) electrons. The van der Waals surface area contributed by atoms with Gasteiger partial charge in [0.1, 0.15) is 0 Å². The first kappa shape index (κ1) is 10.9. The van der Waals surface area contributed by atoms with E-state index in [0.717, 1.165) is 17.9 Å². The van der Waals surface area contributed by atoms with Crippen LogP contribution in [0.1, 0.15) is 30.7 Å². The number of nitrogens with zero attached hydrogens (tertiary/aromatic N) is 1. The number of aromatic nitrogens is 1. The fourth-order valence-electron chi connectivity index (χ4n) is 1.94. The predicted molar refractivity (Wildman–Crippen MR) is 63.1 cm³/mol. The third-order valence-electron chi connectivity index (χ3n) is 3.16. The molecule has 1 heterocycles. The van der Waals surface area contributed by atoms with Crippen molar-refractivity contribution in [3.8, 4) is 0 Å². The molecule has 3 heteroatoms. The fraction of sp³-hybridized carbons (Fsp3) is 0.583. The maximum Gasteiger partial charge on any atom is 0.0545 e. The van der Waals surface area contributed by atoms with E-state index in [4.69, 9.17) is 11.6 Å². The summed E-state index contributed by atoms with van der Waals surface area (Å²) >= 11 is 5.97. The zero-order valence-corrected chi connectivity index (χ0v) is 9.85. The van der Waals surface area contributed by atoms with E-state index in [1.54, 1.807) is 0 Å². The highest BCUT2D eigenvalue weighted by atomic mass is 35.5. The van der Waals surface area contributed by atoms with Gasteiger partial charge in [0.15, 0.2) is 0 Å². The fourth-order valence-corrected chi connectivity index (χ4v) is 2.30. The summed E-state index contributed by atoms with van der Waals surface area (Å²) in [6.45, 7) is 2.85. The summed E-state index contributed by atoms with van der Waals surface area (Å²) in [6, 6.07) is 6.12. The molecule has 0 saturated heterocycles. The Kier molecular flexibility index (Phi) is 3.27. The Balaban J connectivity index is 1.92. The van der Waals surface area contributed by atoms with Crippen molar-refractivity contribution in [1.29, 1.82) is 0 Å². The van der Waals surface area contributed by atoms with Crippen LogP contribution in [0.3, 0.4) is 0 Å². The van der Waals surface area contributed by atoms with Gasteiger partial charge in [-0.05, 0) is 38.3 Å². The molecule has 1 aliphatic carbocycles. The third kappa shape index (κ3) is 2.50. The van der Waals surface area contributed by atoms with Gasteiger partial charge in [0.05, 0.1) is 5.69 Å². The first-order valence-corrected chi connectivity index (χ1v) is 6.01. The summed E-state index contributed by atoms with van der Waals surface area (Å²) in [4.78, 5) is 4.46. The van der Waals surface area contributed by atoms with E-state index in [1.165, 1.54) is 19.3 Å². The number of rotatable bonds is 4. The molecule has 0 amide bonds. The van der Waals surface area contributed by atoms with E-state index in [2.05, 4.69) is 16.4 Å². The second kappa shape index (κ2) is 4.50. The molecule has 2 nitrogen and oxygen atoms in total. The zero-order valence-electron chi connectivity index (χ0n) is 9.09. The monoisotopic (exact) mass is 224 g/mol. The number of alkyl halides is 1. The Morgan fingerprint density at radius 2 is 2.27 bits per heavy atom. The van der Waals surface area contributed by atoms with Crippen molar-refractivity contribution in [1.82, 2.24) is 10.3 Å². The van der Waals surface area contributed by atoms with Crippen molar-refractivity contribution in [2.45, 2.75) is 38.3 Å². The van der Waals surface area contributed by atoms with Gasteiger partial charge in [-0.25, -0.2) is 0 Å². The second-order valence-electron chi connectivity index (χ2n) is 4.39. The van der Waals surface area contributed by atoms with Crippen molar-refractivity contribution in [2.75, 3.05) is 5.88 Å². The average molecular weight is 225 g/mol. The van der Waals surface area contributed by atoms with Crippen molar-refractivity contribution >= 4 is 11.6 Å². The van der Waals surface area contributed by atoms with Gasteiger partial charge in [-0.3, -0.25) is 4.98 Å². The number of halogens is 1. The average Bonchev–Trinajstić information content (AvgIpc) is 2.17. The maximum atomic E-state index is 5.97. The molecular weight excluding hydrogens is 208 g/mol. The van der Waals surface area contributed by atoms with E-state index in [0.29, 0.717) is 5.88 Å². The number of aryl methyl sites for hydroxylation is 1. The van der Waals surface area contributed by atoms with Crippen LogP contribution in [-0.2, 0) is 6.54 Å². The molecule has 1 saturated carbocycles. The number of hydrogen-bond donors (Lipinski definition) is 1. The Morgan fingerprint density at radius 3 is 2.80 bits per heavy atom. The van der Waals surface area contributed by atoms with Gasteiger partial charge >= 0.3 is 0 Å². The standard InChI is InChI=1S/C12H17ClN2/c1-10-4-2-5-11(15-10)8-14-12(9-13)6-3-7-12/h2,4-5,14H,3,6-9H2,1H3. The lowest BCUT2D eigenvalue weighted by Gasteiger charge is -2.41. The van der Waals surface area contributed by atoms with E-state index in [1.807, 2.05) is 19.1 Å². The van der Waals surface area contributed by atoms with Crippen molar-refractivity contribution in [2.24, 2.45) is 0 Å². The van der Waals surface area contributed by atoms with Gasteiger partial charge < -0.3 is 5.32 Å². The maximum absolute atomic E-state index is 5.97. The van der Waals surface area contributed by atoms with Gasteiger partial charge in [-0.1, -0.05) is 6.07 Å². The van der Waals surface area contributed by atoms with Crippen molar-refractivity contribution in [3.05, 3.63) is 29.6 Å². The molecule has 0 bridgehead atoms. The van der Waals surface area contributed by atoms with Gasteiger partial charge in [-0.15, -0.1) is 11.6 Å². The minimum Gasteiger partial charge on any atom is -0.304 e. The first-order chi connectivity index (χ1) is 7.24. The molecule has 82 valence electrons. The molecule has 0 spiro atoms. The highest BCUT2D eigenvalue weighted by Crippen LogP contribution is 2.32. The van der Waals surface area contributed by atoms with Crippen LogP contribution in [-0.4, -0.2) is 16.4 Å². The van der Waals surface area contributed by atoms with E-state index in [-0.39, 0.29) is 5.54 Å². The van der Waals surface area contributed by atoms with Crippen molar-refractivity contribution < 1.29 is 0 Å². The number of pyridine rings is 1. The molecule has 1 aromatic rings. The molecular formula is C12H17ClN2. The van der Waals surface area contributed by atoms with Gasteiger partial charge in [0, 0.05) is 23.7 Å². The highest BCUT2D eigenvalue weighted by Gasteiger charge is 2.35. The lowest BCUT2D eigenvalue weighted by molar-refractivity contribution is 0.210. The van der Waals surface area contributed by atoms with Gasteiger partial charge in [0.2, 0.25) is 0 Å². The quantitative estimate of drug-likeness (QED) is 0.796. The van der Waals surface area contributed by atoms with Crippen LogP contribution in [0.2, 0.25) is 0 Å². The SMILES string of the molecule is Cc1cccc(CNC2(CCl)CCC2)n1. The van der Waals surface area contributed by atoms with Crippen LogP contribution in [0.15, 0.2) is 18.2 Å². The molecule has 0 unspecified atom stereocenters.